The van der Waals surface area contributed by atoms with E-state index in [9.17, 15) is 15.0 Å². The largest absolute Gasteiger partial charge is 0.396 e. The number of hydrogen-bond donors (Lipinski definition) is 3. The lowest BCUT2D eigenvalue weighted by Gasteiger charge is -2.44. The molecule has 0 unspecified atom stereocenters. The molecule has 29 heavy (non-hydrogen) atoms. The lowest BCUT2D eigenvalue weighted by Crippen LogP contribution is -2.46. The minimum atomic E-state index is -0.505. The first-order chi connectivity index (χ1) is 14.0. The zero-order chi connectivity index (χ0) is 20.5. The number of para-hydroxylation sites is 1. The topological polar surface area (TPSA) is 85.8 Å². The van der Waals surface area contributed by atoms with Gasteiger partial charge >= 0.3 is 0 Å². The Hall–Kier alpha value is -1.89. The fraction of sp³-hybridized carbons (Fsp3) is 0.609. The molecular weight excluding hydrogens is 368 g/mol. The molecule has 1 aliphatic carbocycles. The van der Waals surface area contributed by atoms with Gasteiger partial charge in [0, 0.05) is 56.2 Å². The first-order valence-electron chi connectivity index (χ1n) is 10.7. The van der Waals surface area contributed by atoms with Crippen LogP contribution in [-0.4, -0.2) is 58.9 Å². The molecule has 1 fully saturated rings. The van der Waals surface area contributed by atoms with Crippen LogP contribution in [0.2, 0.25) is 0 Å². The molecule has 1 aromatic heterocycles. The summed E-state index contributed by atoms with van der Waals surface area (Å²) in [7, 11) is 1.73. The van der Waals surface area contributed by atoms with Gasteiger partial charge in [-0.1, -0.05) is 18.2 Å². The number of carbonyl (C=O) groups excluding carboxylic acids is 1. The summed E-state index contributed by atoms with van der Waals surface area (Å²) in [6.07, 6.45) is 2.40. The summed E-state index contributed by atoms with van der Waals surface area (Å²) in [5.41, 5.74) is 3.34. The van der Waals surface area contributed by atoms with Crippen molar-refractivity contribution in [3.8, 4) is 0 Å². The molecule has 0 bridgehead atoms. The van der Waals surface area contributed by atoms with Crippen LogP contribution < -0.4 is 0 Å². The Labute approximate surface area is 171 Å². The highest BCUT2D eigenvalue weighted by Gasteiger charge is 2.41. The van der Waals surface area contributed by atoms with E-state index in [1.807, 2.05) is 17.0 Å². The van der Waals surface area contributed by atoms with E-state index in [1.165, 1.54) is 10.9 Å². The molecule has 6 heteroatoms. The average Bonchev–Trinajstić information content (AvgIpc) is 3.08. The van der Waals surface area contributed by atoms with Crippen molar-refractivity contribution in [2.24, 2.45) is 17.8 Å². The summed E-state index contributed by atoms with van der Waals surface area (Å²) in [5.74, 6) is 0.240. The van der Waals surface area contributed by atoms with Crippen molar-refractivity contribution in [2.75, 3.05) is 26.8 Å². The number of aliphatic hydroxyl groups is 2. The van der Waals surface area contributed by atoms with E-state index in [0.717, 1.165) is 30.5 Å². The Bertz CT molecular complexity index is 864. The van der Waals surface area contributed by atoms with Crippen LogP contribution in [0.15, 0.2) is 24.3 Å². The smallest absolute Gasteiger partial charge is 0.219 e. The third-order valence-electron chi connectivity index (χ3n) is 7.17. The number of H-pyrrole nitrogens is 1. The molecule has 2 aliphatic rings. The van der Waals surface area contributed by atoms with Crippen molar-refractivity contribution >= 4 is 16.8 Å². The predicted octanol–water partition coefficient (Wildman–Crippen LogP) is 2.65. The quantitative estimate of drug-likeness (QED) is 0.723. The van der Waals surface area contributed by atoms with Crippen molar-refractivity contribution in [1.29, 1.82) is 0 Å². The predicted molar refractivity (Wildman–Crippen MR) is 111 cm³/mol. The molecule has 1 saturated carbocycles. The summed E-state index contributed by atoms with van der Waals surface area (Å²) in [6, 6.07) is 8.24. The Morgan fingerprint density at radius 3 is 2.83 bits per heavy atom. The monoisotopic (exact) mass is 400 g/mol. The van der Waals surface area contributed by atoms with Crippen LogP contribution in [-0.2, 0) is 16.0 Å². The van der Waals surface area contributed by atoms with E-state index in [1.54, 1.807) is 14.0 Å². The van der Waals surface area contributed by atoms with Crippen LogP contribution in [0.1, 0.15) is 43.5 Å². The second kappa shape index (κ2) is 8.46. The van der Waals surface area contributed by atoms with Gasteiger partial charge in [0.25, 0.3) is 0 Å². The number of hydrogen-bond acceptors (Lipinski definition) is 4. The van der Waals surface area contributed by atoms with E-state index < -0.39 is 6.10 Å². The van der Waals surface area contributed by atoms with Gasteiger partial charge in [0.15, 0.2) is 0 Å². The number of nitrogens with one attached hydrogen (secondary N) is 1. The first kappa shape index (κ1) is 20.4. The number of rotatable bonds is 2. The van der Waals surface area contributed by atoms with E-state index in [2.05, 4.69) is 17.1 Å². The van der Waals surface area contributed by atoms with E-state index in [0.29, 0.717) is 19.5 Å². The minimum absolute atomic E-state index is 0.0433. The summed E-state index contributed by atoms with van der Waals surface area (Å²) >= 11 is 0. The number of benzene rings is 1. The van der Waals surface area contributed by atoms with Gasteiger partial charge in [-0.2, -0.15) is 0 Å². The Balaban J connectivity index is 1.80. The summed E-state index contributed by atoms with van der Waals surface area (Å²) in [4.78, 5) is 17.9. The number of ether oxygens (including phenoxy) is 1. The van der Waals surface area contributed by atoms with Crippen molar-refractivity contribution in [2.45, 2.75) is 44.8 Å². The second-order valence-corrected chi connectivity index (χ2v) is 8.65. The second-order valence-electron chi connectivity index (χ2n) is 8.65. The van der Waals surface area contributed by atoms with Crippen molar-refractivity contribution in [3.63, 3.8) is 0 Å². The number of carbonyl (C=O) groups is 1. The number of aliphatic hydroxyl groups excluding tert-OH is 2. The fourth-order valence-electron chi connectivity index (χ4n) is 5.55. The van der Waals surface area contributed by atoms with Gasteiger partial charge in [0.05, 0.1) is 12.2 Å². The number of aromatic nitrogens is 1. The van der Waals surface area contributed by atoms with Crippen LogP contribution in [0, 0.1) is 17.8 Å². The molecule has 0 spiro atoms. The van der Waals surface area contributed by atoms with Gasteiger partial charge in [-0.15, -0.1) is 0 Å². The summed E-state index contributed by atoms with van der Waals surface area (Å²) < 4.78 is 5.96. The Morgan fingerprint density at radius 2 is 2.10 bits per heavy atom. The molecule has 0 radical (unpaired) electrons. The van der Waals surface area contributed by atoms with Gasteiger partial charge in [0.2, 0.25) is 5.91 Å². The molecule has 2 aromatic rings. The fourth-order valence-corrected chi connectivity index (χ4v) is 5.55. The molecule has 6 nitrogen and oxygen atoms in total. The SMILES string of the molecule is CO[C@@H]1C[C@H]2[C@@H](CC[C@H](O)[C@@H]2CO)CN(C(C)=O)CCc2c1[nH]c1ccccc21. The highest BCUT2D eigenvalue weighted by Crippen LogP contribution is 2.43. The highest BCUT2D eigenvalue weighted by molar-refractivity contribution is 5.85. The molecule has 1 aromatic carbocycles. The molecule has 158 valence electrons. The molecule has 1 aliphatic heterocycles. The molecule has 2 heterocycles. The van der Waals surface area contributed by atoms with Gasteiger partial charge in [0.1, 0.15) is 0 Å². The third-order valence-corrected chi connectivity index (χ3v) is 7.17. The zero-order valence-corrected chi connectivity index (χ0v) is 17.3. The van der Waals surface area contributed by atoms with Gasteiger partial charge in [-0.3, -0.25) is 4.79 Å². The Morgan fingerprint density at radius 1 is 1.31 bits per heavy atom. The normalized spacial score (nSPS) is 30.6. The minimum Gasteiger partial charge on any atom is -0.396 e. The lowest BCUT2D eigenvalue weighted by atomic mass is 9.68. The van der Waals surface area contributed by atoms with Gasteiger partial charge in [-0.05, 0) is 49.1 Å². The van der Waals surface area contributed by atoms with Crippen LogP contribution in [0.3, 0.4) is 0 Å². The average molecular weight is 401 g/mol. The maximum Gasteiger partial charge on any atom is 0.219 e. The maximum absolute atomic E-state index is 12.4. The van der Waals surface area contributed by atoms with Crippen molar-refractivity contribution in [1.82, 2.24) is 9.88 Å². The van der Waals surface area contributed by atoms with Gasteiger partial charge < -0.3 is 24.8 Å². The lowest BCUT2D eigenvalue weighted by molar-refractivity contribution is -0.131. The zero-order valence-electron chi connectivity index (χ0n) is 17.3. The molecule has 4 rings (SSSR count). The van der Waals surface area contributed by atoms with Gasteiger partial charge in [-0.25, -0.2) is 0 Å². The Kier molecular flexibility index (Phi) is 5.95. The van der Waals surface area contributed by atoms with Crippen LogP contribution in [0.25, 0.3) is 10.9 Å². The van der Waals surface area contributed by atoms with Crippen LogP contribution in [0.5, 0.6) is 0 Å². The molecule has 3 N–H and O–H groups in total. The molecule has 0 saturated heterocycles. The summed E-state index contributed by atoms with van der Waals surface area (Å²) in [6.45, 7) is 2.93. The maximum atomic E-state index is 12.4. The standard InChI is InChI=1S/C23H32N2O4/c1-14(27)25-10-9-17-16-5-3-4-6-20(16)24-23(17)22(29-2)11-18-15(12-25)7-8-21(28)19(18)13-26/h3-6,15,18-19,21-22,24,26,28H,7-13H2,1-2H3/t15-,18-,19+,21-,22+/m0/s1. The summed E-state index contributed by atoms with van der Waals surface area (Å²) in [5, 5.41) is 21.8. The molecule has 5 atom stereocenters. The van der Waals surface area contributed by atoms with Crippen molar-refractivity contribution < 1.29 is 19.7 Å². The number of nitrogens with zero attached hydrogens (tertiary/aromatic N) is 1. The van der Waals surface area contributed by atoms with Crippen molar-refractivity contribution in [3.05, 3.63) is 35.5 Å². The molecule has 1 amide bonds. The number of aromatic amines is 1. The van der Waals surface area contributed by atoms with Crippen LogP contribution in [0.4, 0.5) is 0 Å². The van der Waals surface area contributed by atoms with E-state index in [-0.39, 0.29) is 36.4 Å². The van der Waals surface area contributed by atoms with E-state index >= 15 is 0 Å². The number of fused-ring (bicyclic) bond motifs is 4. The first-order valence-corrected chi connectivity index (χ1v) is 10.7. The van der Waals surface area contributed by atoms with E-state index in [4.69, 9.17) is 4.74 Å². The number of methoxy groups -OCH3 is 1. The third kappa shape index (κ3) is 3.81. The molecular formula is C23H32N2O4. The highest BCUT2D eigenvalue weighted by atomic mass is 16.5. The number of amides is 1. The van der Waals surface area contributed by atoms with Crippen LogP contribution >= 0.6 is 0 Å².